The summed E-state index contributed by atoms with van der Waals surface area (Å²) in [6.45, 7) is 5.35. The quantitative estimate of drug-likeness (QED) is 0.498. The zero-order valence-corrected chi connectivity index (χ0v) is 23.1. The Labute approximate surface area is 230 Å². The molecule has 0 aromatic heterocycles. The summed E-state index contributed by atoms with van der Waals surface area (Å²) in [6.07, 6.45) is 1.62. The number of nitrogens with one attached hydrogen (secondary N) is 1. The molecule has 3 saturated heterocycles. The SMILES string of the molecule is COc1cc(OC)c(C(=O)N2CC3CN(CC[C@H](NC(=O)C4CCOC4)c4ccccc4)CC3C2)c(OC)c1. The lowest BCUT2D eigenvalue weighted by atomic mass is 10.0. The molecule has 2 aromatic carbocycles. The molecule has 39 heavy (non-hydrogen) atoms. The number of fused-ring (bicyclic) bond motifs is 1. The average molecular weight is 538 g/mol. The van der Waals surface area contributed by atoms with Crippen molar-refractivity contribution >= 4 is 11.8 Å². The van der Waals surface area contributed by atoms with Gasteiger partial charge in [-0.3, -0.25) is 9.59 Å². The molecule has 0 radical (unpaired) electrons. The number of carbonyl (C=O) groups excluding carboxylic acids is 2. The second-order valence-electron chi connectivity index (χ2n) is 10.7. The molecule has 210 valence electrons. The average Bonchev–Trinajstić information content (AvgIpc) is 3.72. The molecule has 2 amide bonds. The van der Waals surface area contributed by atoms with Crippen molar-refractivity contribution in [3.8, 4) is 17.2 Å². The first-order chi connectivity index (χ1) is 19.0. The summed E-state index contributed by atoms with van der Waals surface area (Å²) in [5.74, 6) is 2.27. The highest BCUT2D eigenvalue weighted by Gasteiger charge is 2.42. The van der Waals surface area contributed by atoms with Crippen LogP contribution >= 0.6 is 0 Å². The van der Waals surface area contributed by atoms with Gasteiger partial charge in [0.05, 0.1) is 39.9 Å². The van der Waals surface area contributed by atoms with Gasteiger partial charge in [0.25, 0.3) is 5.91 Å². The molecule has 9 heteroatoms. The number of nitrogens with zero attached hydrogens (tertiary/aromatic N) is 2. The van der Waals surface area contributed by atoms with Crippen molar-refractivity contribution in [3.63, 3.8) is 0 Å². The predicted molar refractivity (Wildman–Crippen MR) is 146 cm³/mol. The van der Waals surface area contributed by atoms with E-state index in [0.29, 0.717) is 61.0 Å². The first-order valence-electron chi connectivity index (χ1n) is 13.7. The summed E-state index contributed by atoms with van der Waals surface area (Å²) < 4.78 is 21.8. The molecule has 3 unspecified atom stereocenters. The van der Waals surface area contributed by atoms with E-state index >= 15 is 0 Å². The van der Waals surface area contributed by atoms with Crippen LogP contribution in [0.15, 0.2) is 42.5 Å². The van der Waals surface area contributed by atoms with E-state index in [9.17, 15) is 9.59 Å². The van der Waals surface area contributed by atoms with Crippen LogP contribution in [-0.2, 0) is 9.53 Å². The van der Waals surface area contributed by atoms with Crippen LogP contribution < -0.4 is 19.5 Å². The van der Waals surface area contributed by atoms with Gasteiger partial charge in [-0.1, -0.05) is 30.3 Å². The Balaban J connectivity index is 1.19. The molecular weight excluding hydrogens is 498 g/mol. The summed E-state index contributed by atoms with van der Waals surface area (Å²) in [4.78, 5) is 30.8. The van der Waals surface area contributed by atoms with Crippen LogP contribution in [0.25, 0.3) is 0 Å². The number of likely N-dealkylation sites (tertiary alicyclic amines) is 2. The number of ether oxygens (including phenoxy) is 4. The van der Waals surface area contributed by atoms with E-state index in [1.807, 2.05) is 23.1 Å². The Bertz CT molecular complexity index is 1110. The molecule has 0 spiro atoms. The van der Waals surface area contributed by atoms with E-state index in [1.54, 1.807) is 33.5 Å². The monoisotopic (exact) mass is 537 g/mol. The molecule has 0 aliphatic carbocycles. The van der Waals surface area contributed by atoms with Gasteiger partial charge in [-0.05, 0) is 30.2 Å². The fourth-order valence-corrected chi connectivity index (χ4v) is 6.16. The van der Waals surface area contributed by atoms with E-state index in [1.165, 1.54) is 0 Å². The highest BCUT2D eigenvalue weighted by molar-refractivity contribution is 6.00. The number of hydrogen-bond donors (Lipinski definition) is 1. The van der Waals surface area contributed by atoms with Crippen LogP contribution in [0.3, 0.4) is 0 Å². The zero-order valence-electron chi connectivity index (χ0n) is 23.1. The van der Waals surface area contributed by atoms with Crippen molar-refractivity contribution in [1.82, 2.24) is 15.1 Å². The van der Waals surface area contributed by atoms with Crippen LogP contribution in [-0.4, -0.2) is 88.9 Å². The van der Waals surface area contributed by atoms with Crippen LogP contribution in [0.4, 0.5) is 0 Å². The van der Waals surface area contributed by atoms with E-state index in [4.69, 9.17) is 18.9 Å². The number of methoxy groups -OCH3 is 3. The minimum absolute atomic E-state index is 0.0344. The number of hydrogen-bond acceptors (Lipinski definition) is 7. The zero-order chi connectivity index (χ0) is 27.4. The molecule has 3 aliphatic heterocycles. The maximum atomic E-state index is 13.6. The van der Waals surface area contributed by atoms with E-state index < -0.39 is 0 Å². The maximum Gasteiger partial charge on any atom is 0.261 e. The van der Waals surface area contributed by atoms with E-state index in [0.717, 1.165) is 38.0 Å². The Hall–Kier alpha value is -3.30. The minimum Gasteiger partial charge on any atom is -0.496 e. The van der Waals surface area contributed by atoms with Gasteiger partial charge >= 0.3 is 0 Å². The van der Waals surface area contributed by atoms with Crippen LogP contribution in [0.5, 0.6) is 17.2 Å². The van der Waals surface area contributed by atoms with Gasteiger partial charge in [-0.15, -0.1) is 0 Å². The van der Waals surface area contributed by atoms with E-state index in [2.05, 4.69) is 22.3 Å². The molecule has 0 saturated carbocycles. The second-order valence-corrected chi connectivity index (χ2v) is 10.7. The molecular formula is C30H39N3O6. The summed E-state index contributed by atoms with van der Waals surface area (Å²) in [5, 5.41) is 3.29. The summed E-state index contributed by atoms with van der Waals surface area (Å²) >= 11 is 0. The fourth-order valence-electron chi connectivity index (χ4n) is 6.16. The molecule has 3 heterocycles. The molecule has 1 N–H and O–H groups in total. The molecule has 3 aliphatic rings. The maximum absolute atomic E-state index is 13.6. The largest absolute Gasteiger partial charge is 0.496 e. The Morgan fingerprint density at radius 3 is 2.21 bits per heavy atom. The van der Waals surface area contributed by atoms with Crippen molar-refractivity contribution in [2.75, 3.05) is 67.3 Å². The second kappa shape index (κ2) is 12.3. The topological polar surface area (TPSA) is 89.6 Å². The van der Waals surface area contributed by atoms with Crippen LogP contribution in [0, 0.1) is 17.8 Å². The van der Waals surface area contributed by atoms with Gasteiger partial charge in [0.1, 0.15) is 22.8 Å². The highest BCUT2D eigenvalue weighted by Crippen LogP contribution is 2.38. The lowest BCUT2D eigenvalue weighted by Crippen LogP contribution is -2.37. The molecule has 9 nitrogen and oxygen atoms in total. The summed E-state index contributed by atoms with van der Waals surface area (Å²) in [5.41, 5.74) is 1.56. The smallest absolute Gasteiger partial charge is 0.261 e. The summed E-state index contributed by atoms with van der Waals surface area (Å²) in [7, 11) is 4.67. The van der Waals surface area contributed by atoms with E-state index in [-0.39, 0.29) is 23.8 Å². The third kappa shape index (κ3) is 5.99. The molecule has 3 fully saturated rings. The van der Waals surface area contributed by atoms with Crippen LogP contribution in [0.2, 0.25) is 0 Å². The summed E-state index contributed by atoms with van der Waals surface area (Å²) in [6, 6.07) is 13.6. The normalized spacial score (nSPS) is 23.4. The highest BCUT2D eigenvalue weighted by atomic mass is 16.5. The van der Waals surface area contributed by atoms with Crippen molar-refractivity contribution in [2.45, 2.75) is 18.9 Å². The Morgan fingerprint density at radius 1 is 0.974 bits per heavy atom. The molecule has 5 rings (SSSR count). The Kier molecular flexibility index (Phi) is 8.57. The third-order valence-electron chi connectivity index (χ3n) is 8.33. The molecule has 2 aromatic rings. The number of benzene rings is 2. The standard InChI is InChI=1S/C30H39N3O6/c1-36-24-13-26(37-2)28(27(14-24)38-3)30(35)33-17-22-15-32(16-23(22)18-33)11-9-25(20-7-5-4-6-8-20)31-29(34)21-10-12-39-19-21/h4-8,13-14,21-23,25H,9-12,15-19H2,1-3H3,(H,31,34)/t21?,22?,23?,25-/m0/s1. The lowest BCUT2D eigenvalue weighted by Gasteiger charge is -2.26. The van der Waals surface area contributed by atoms with Crippen molar-refractivity contribution in [2.24, 2.45) is 17.8 Å². The van der Waals surface area contributed by atoms with Gasteiger partial charge in [0, 0.05) is 51.5 Å². The van der Waals surface area contributed by atoms with Crippen molar-refractivity contribution in [3.05, 3.63) is 53.6 Å². The molecule has 0 bridgehead atoms. The van der Waals surface area contributed by atoms with Gasteiger partial charge in [-0.25, -0.2) is 0 Å². The van der Waals surface area contributed by atoms with Gasteiger partial charge in [0.2, 0.25) is 5.91 Å². The lowest BCUT2D eigenvalue weighted by molar-refractivity contribution is -0.125. The van der Waals surface area contributed by atoms with Crippen LogP contribution in [0.1, 0.15) is 34.8 Å². The van der Waals surface area contributed by atoms with Gasteiger partial charge in [0.15, 0.2) is 0 Å². The fraction of sp³-hybridized carbons (Fsp3) is 0.533. The number of rotatable bonds is 10. The van der Waals surface area contributed by atoms with Gasteiger partial charge in [-0.2, -0.15) is 0 Å². The molecule has 4 atom stereocenters. The first-order valence-corrected chi connectivity index (χ1v) is 13.7. The first kappa shape index (κ1) is 27.3. The number of carbonyl (C=O) groups is 2. The Morgan fingerprint density at radius 2 is 1.64 bits per heavy atom. The van der Waals surface area contributed by atoms with Crippen molar-refractivity contribution < 1.29 is 28.5 Å². The van der Waals surface area contributed by atoms with Crippen molar-refractivity contribution in [1.29, 1.82) is 0 Å². The predicted octanol–water partition coefficient (Wildman–Crippen LogP) is 3.00. The van der Waals surface area contributed by atoms with Gasteiger partial charge < -0.3 is 34.1 Å². The number of amides is 2. The third-order valence-corrected chi connectivity index (χ3v) is 8.33. The minimum atomic E-state index is -0.0740.